The van der Waals surface area contributed by atoms with E-state index in [-0.39, 0.29) is 10.6 Å². The Kier molecular flexibility index (Phi) is 2.95. The maximum atomic E-state index is 11.1. The molecule has 0 aliphatic carbocycles. The van der Waals surface area contributed by atoms with Crippen molar-refractivity contribution in [2.24, 2.45) is 0 Å². The fourth-order valence-electron chi connectivity index (χ4n) is 2.37. The Labute approximate surface area is 116 Å². The molecule has 5 heteroatoms. The smallest absolute Gasteiger partial charge is 0.278 e. The van der Waals surface area contributed by atoms with Crippen molar-refractivity contribution >= 4 is 23.3 Å². The van der Waals surface area contributed by atoms with Crippen LogP contribution in [-0.2, 0) is 0 Å². The molecule has 3 rings (SSSR count). The van der Waals surface area contributed by atoms with E-state index in [9.17, 15) is 10.1 Å². The van der Waals surface area contributed by atoms with Crippen LogP contribution in [0, 0.1) is 17.0 Å². The number of hydrogen-bond acceptors (Lipinski definition) is 4. The molecule has 0 N–H and O–H groups in total. The lowest BCUT2D eigenvalue weighted by Crippen LogP contribution is -2.21. The van der Waals surface area contributed by atoms with Gasteiger partial charge in [-0.2, -0.15) is 0 Å². The SMILES string of the molecule is Cc1ccnc(N2CC=Cc3c2cccc3[N+](=O)[O-])c1. The minimum atomic E-state index is -0.351. The molecule has 0 bridgehead atoms. The molecule has 2 aromatic rings. The number of rotatable bonds is 2. The number of anilines is 2. The Bertz CT molecular complexity index is 710. The summed E-state index contributed by atoms with van der Waals surface area (Å²) in [5, 5.41) is 11.1. The van der Waals surface area contributed by atoms with Crippen molar-refractivity contribution in [3.05, 3.63) is 63.8 Å². The van der Waals surface area contributed by atoms with Crippen LogP contribution in [0.2, 0.25) is 0 Å². The minimum Gasteiger partial charge on any atom is -0.322 e. The van der Waals surface area contributed by atoms with Crippen molar-refractivity contribution < 1.29 is 4.92 Å². The summed E-state index contributed by atoms with van der Waals surface area (Å²) in [5.74, 6) is 0.802. The van der Waals surface area contributed by atoms with Gasteiger partial charge in [-0.15, -0.1) is 0 Å². The largest absolute Gasteiger partial charge is 0.322 e. The van der Waals surface area contributed by atoms with Gasteiger partial charge >= 0.3 is 0 Å². The first-order valence-corrected chi connectivity index (χ1v) is 6.31. The summed E-state index contributed by atoms with van der Waals surface area (Å²) in [5.41, 5.74) is 2.68. The summed E-state index contributed by atoms with van der Waals surface area (Å²) in [6.07, 6.45) is 5.47. The molecule has 0 unspecified atom stereocenters. The van der Waals surface area contributed by atoms with E-state index < -0.39 is 0 Å². The number of nitrogens with zero attached hydrogens (tertiary/aromatic N) is 3. The van der Waals surface area contributed by atoms with Gasteiger partial charge < -0.3 is 4.90 Å². The molecule has 0 spiro atoms. The Balaban J connectivity index is 2.14. The van der Waals surface area contributed by atoms with Crippen LogP contribution in [0.4, 0.5) is 17.2 Å². The van der Waals surface area contributed by atoms with E-state index in [1.807, 2.05) is 36.1 Å². The van der Waals surface area contributed by atoms with Crippen molar-refractivity contribution in [3.8, 4) is 0 Å². The van der Waals surface area contributed by atoms with E-state index in [0.717, 1.165) is 17.1 Å². The lowest BCUT2D eigenvalue weighted by atomic mass is 10.1. The molecule has 5 nitrogen and oxygen atoms in total. The van der Waals surface area contributed by atoms with Crippen molar-refractivity contribution in [1.82, 2.24) is 4.98 Å². The van der Waals surface area contributed by atoms with Crippen LogP contribution < -0.4 is 4.90 Å². The van der Waals surface area contributed by atoms with Crippen LogP contribution in [0.1, 0.15) is 11.1 Å². The first-order chi connectivity index (χ1) is 9.66. The molecule has 0 saturated heterocycles. The summed E-state index contributed by atoms with van der Waals surface area (Å²) in [4.78, 5) is 17.1. The number of benzene rings is 1. The second-order valence-corrected chi connectivity index (χ2v) is 4.67. The van der Waals surface area contributed by atoms with Crippen molar-refractivity contribution in [1.29, 1.82) is 0 Å². The van der Waals surface area contributed by atoms with Gasteiger partial charge in [0.15, 0.2) is 0 Å². The predicted molar refractivity (Wildman–Crippen MR) is 78.1 cm³/mol. The number of pyridine rings is 1. The molecule has 0 fully saturated rings. The van der Waals surface area contributed by atoms with Crippen LogP contribution in [0.5, 0.6) is 0 Å². The van der Waals surface area contributed by atoms with E-state index in [1.54, 1.807) is 18.3 Å². The maximum absolute atomic E-state index is 11.1. The Morgan fingerprint density at radius 2 is 2.20 bits per heavy atom. The van der Waals surface area contributed by atoms with Gasteiger partial charge in [0.05, 0.1) is 16.2 Å². The summed E-state index contributed by atoms with van der Waals surface area (Å²) >= 11 is 0. The molecule has 1 aromatic heterocycles. The zero-order valence-electron chi connectivity index (χ0n) is 11.0. The van der Waals surface area contributed by atoms with E-state index in [1.165, 1.54) is 6.07 Å². The van der Waals surface area contributed by atoms with E-state index in [4.69, 9.17) is 0 Å². The molecule has 0 amide bonds. The number of hydrogen-bond donors (Lipinski definition) is 0. The second kappa shape index (κ2) is 4.77. The molecular weight excluding hydrogens is 254 g/mol. The van der Waals surface area contributed by atoms with Gasteiger partial charge in [-0.1, -0.05) is 12.1 Å². The van der Waals surface area contributed by atoms with Crippen molar-refractivity contribution in [2.75, 3.05) is 11.4 Å². The highest BCUT2D eigenvalue weighted by Crippen LogP contribution is 2.36. The number of aromatic nitrogens is 1. The van der Waals surface area contributed by atoms with Crippen LogP contribution in [-0.4, -0.2) is 16.5 Å². The minimum absolute atomic E-state index is 0.121. The number of nitro benzene ring substituents is 1. The third-order valence-corrected chi connectivity index (χ3v) is 3.30. The molecule has 1 aromatic carbocycles. The Morgan fingerprint density at radius 3 is 2.95 bits per heavy atom. The third kappa shape index (κ3) is 2.03. The van der Waals surface area contributed by atoms with Crippen LogP contribution in [0.15, 0.2) is 42.6 Å². The molecule has 1 aliphatic heterocycles. The van der Waals surface area contributed by atoms with Crippen LogP contribution in [0.25, 0.3) is 6.08 Å². The van der Waals surface area contributed by atoms with Gasteiger partial charge in [-0.05, 0) is 36.8 Å². The predicted octanol–water partition coefficient (Wildman–Crippen LogP) is 3.46. The van der Waals surface area contributed by atoms with Gasteiger partial charge in [-0.25, -0.2) is 4.98 Å². The Morgan fingerprint density at radius 1 is 1.35 bits per heavy atom. The van der Waals surface area contributed by atoms with Crippen molar-refractivity contribution in [2.45, 2.75) is 6.92 Å². The molecule has 1 aliphatic rings. The second-order valence-electron chi connectivity index (χ2n) is 4.67. The quantitative estimate of drug-likeness (QED) is 0.617. The molecule has 100 valence electrons. The lowest BCUT2D eigenvalue weighted by Gasteiger charge is -2.27. The average molecular weight is 267 g/mol. The van der Waals surface area contributed by atoms with E-state index in [2.05, 4.69) is 4.98 Å². The fraction of sp³-hybridized carbons (Fsp3) is 0.133. The van der Waals surface area contributed by atoms with Crippen LogP contribution in [0.3, 0.4) is 0 Å². The van der Waals surface area contributed by atoms with Gasteiger partial charge in [0.2, 0.25) is 0 Å². The molecule has 0 radical (unpaired) electrons. The van der Waals surface area contributed by atoms with Gasteiger partial charge in [0.1, 0.15) is 5.82 Å². The van der Waals surface area contributed by atoms with E-state index in [0.29, 0.717) is 12.1 Å². The highest BCUT2D eigenvalue weighted by Gasteiger charge is 2.22. The van der Waals surface area contributed by atoms with Gasteiger partial charge in [0, 0.05) is 18.8 Å². The zero-order valence-corrected chi connectivity index (χ0v) is 11.0. The van der Waals surface area contributed by atoms with Crippen LogP contribution >= 0.6 is 0 Å². The first-order valence-electron chi connectivity index (χ1n) is 6.31. The average Bonchev–Trinajstić information content (AvgIpc) is 2.45. The number of aryl methyl sites for hydroxylation is 1. The normalized spacial score (nSPS) is 13.2. The topological polar surface area (TPSA) is 59.3 Å². The molecular formula is C15H13N3O2. The first kappa shape index (κ1) is 12.3. The summed E-state index contributed by atoms with van der Waals surface area (Å²) < 4.78 is 0. The van der Waals surface area contributed by atoms with E-state index >= 15 is 0 Å². The lowest BCUT2D eigenvalue weighted by molar-refractivity contribution is -0.385. The molecule has 20 heavy (non-hydrogen) atoms. The zero-order chi connectivity index (χ0) is 14.1. The fourth-order valence-corrected chi connectivity index (χ4v) is 2.37. The molecule has 0 atom stereocenters. The number of fused-ring (bicyclic) bond motifs is 1. The molecule has 2 heterocycles. The highest BCUT2D eigenvalue weighted by atomic mass is 16.6. The highest BCUT2D eigenvalue weighted by molar-refractivity contribution is 5.81. The monoisotopic (exact) mass is 267 g/mol. The maximum Gasteiger partial charge on any atom is 0.278 e. The van der Waals surface area contributed by atoms with Gasteiger partial charge in [0.25, 0.3) is 5.69 Å². The van der Waals surface area contributed by atoms with Crippen molar-refractivity contribution in [3.63, 3.8) is 0 Å². The molecule has 0 saturated carbocycles. The summed E-state index contributed by atoms with van der Waals surface area (Å²) in [6.45, 7) is 2.66. The number of nitro groups is 1. The third-order valence-electron chi connectivity index (χ3n) is 3.30. The standard InChI is InChI=1S/C15H13N3O2/c1-11-7-8-16-15(10-11)17-9-3-4-12-13(17)5-2-6-14(12)18(19)20/h2-8,10H,9H2,1H3. The summed E-state index contributed by atoms with van der Waals surface area (Å²) in [7, 11) is 0. The Hall–Kier alpha value is -2.69. The summed E-state index contributed by atoms with van der Waals surface area (Å²) in [6, 6.07) is 9.02. The van der Waals surface area contributed by atoms with Gasteiger partial charge in [-0.3, -0.25) is 10.1 Å².